The molecule has 0 radical (unpaired) electrons. The summed E-state index contributed by atoms with van der Waals surface area (Å²) in [5.41, 5.74) is 0.652. The highest BCUT2D eigenvalue weighted by atomic mass is 35.5. The van der Waals surface area contributed by atoms with Gasteiger partial charge >= 0.3 is 0 Å². The predicted molar refractivity (Wildman–Crippen MR) is 134 cm³/mol. The fourth-order valence-electron chi connectivity index (χ4n) is 3.04. The maximum absolute atomic E-state index is 13.6. The third-order valence-electron chi connectivity index (χ3n) is 4.86. The van der Waals surface area contributed by atoms with Crippen molar-refractivity contribution in [1.29, 1.82) is 0 Å². The van der Waals surface area contributed by atoms with Crippen LogP contribution in [0.4, 0.5) is 5.13 Å². The van der Waals surface area contributed by atoms with E-state index in [-0.39, 0.29) is 40.1 Å². The van der Waals surface area contributed by atoms with Gasteiger partial charge in [0.2, 0.25) is 0 Å². The second kappa shape index (κ2) is 10.5. The summed E-state index contributed by atoms with van der Waals surface area (Å²) < 4.78 is 49.6. The molecule has 8 nitrogen and oxygen atoms in total. The molecule has 0 saturated heterocycles. The number of anilines is 1. The first-order valence-corrected chi connectivity index (χ1v) is 14.2. The zero-order valence-corrected chi connectivity index (χ0v) is 21.9. The minimum absolute atomic E-state index is 0. The van der Waals surface area contributed by atoms with E-state index in [0.717, 1.165) is 6.26 Å². The normalized spacial score (nSPS) is 12.0. The van der Waals surface area contributed by atoms with Crippen LogP contribution in [0.5, 0.6) is 0 Å². The van der Waals surface area contributed by atoms with Crippen LogP contribution in [0.1, 0.15) is 17.3 Å². The Morgan fingerprint density at radius 2 is 1.70 bits per heavy atom. The number of likely N-dealkylation sites (N-methyl/N-ethyl adjacent to an activating group) is 1. The second-order valence-electron chi connectivity index (χ2n) is 7.56. The van der Waals surface area contributed by atoms with Gasteiger partial charge in [-0.1, -0.05) is 30.4 Å². The number of benzene rings is 2. The Morgan fingerprint density at radius 1 is 1.03 bits per heavy atom. The molecule has 180 valence electrons. The van der Waals surface area contributed by atoms with Gasteiger partial charge in [0.1, 0.15) is 0 Å². The van der Waals surface area contributed by atoms with E-state index in [1.807, 2.05) is 19.0 Å². The summed E-state index contributed by atoms with van der Waals surface area (Å²) in [5.74, 6) is -0.591. The maximum Gasteiger partial charge on any atom is 0.261 e. The number of thiazole rings is 1. The molecular weight excluding hydrogens is 506 g/mol. The third-order valence-corrected chi connectivity index (χ3v) is 8.79. The Kier molecular flexibility index (Phi) is 8.63. The van der Waals surface area contributed by atoms with Crippen LogP contribution in [0.3, 0.4) is 0 Å². The lowest BCUT2D eigenvalue weighted by atomic mass is 10.2. The lowest BCUT2D eigenvalue weighted by Gasteiger charge is -2.23. The van der Waals surface area contributed by atoms with E-state index in [0.29, 0.717) is 21.9 Å². The van der Waals surface area contributed by atoms with Crippen molar-refractivity contribution in [1.82, 2.24) is 9.88 Å². The minimum atomic E-state index is -3.61. The number of hydrogen-bond donors (Lipinski definition) is 0. The second-order valence-corrected chi connectivity index (χ2v) is 12.8. The van der Waals surface area contributed by atoms with Gasteiger partial charge in [0.05, 0.1) is 31.3 Å². The Hall–Kier alpha value is -2.05. The molecule has 0 aliphatic rings. The molecule has 1 heterocycles. The first-order valence-electron chi connectivity index (χ1n) is 9.83. The van der Waals surface area contributed by atoms with Gasteiger partial charge in [-0.3, -0.25) is 9.69 Å². The van der Waals surface area contributed by atoms with Gasteiger partial charge in [0, 0.05) is 19.3 Å². The zero-order chi connectivity index (χ0) is 23.7. The molecule has 12 heteroatoms. The van der Waals surface area contributed by atoms with Crippen molar-refractivity contribution in [3.8, 4) is 0 Å². The molecule has 3 rings (SSSR count). The highest BCUT2D eigenvalue weighted by Gasteiger charge is 2.27. The molecule has 1 aromatic heterocycles. The molecule has 1 amide bonds. The summed E-state index contributed by atoms with van der Waals surface area (Å²) in [7, 11) is -3.26. The standard InChI is InChI=1S/C21H25N3O5S3.ClH/c1-5-32(28,29)19-9-7-6-8-16(19)20(25)24(13-12-23(2)3)21-22-17-11-10-15(31(4,26)27)14-18(17)30-21;/h6-11,14H,5,12-13H2,1-4H3;1H. The Labute approximate surface area is 204 Å². The van der Waals surface area contributed by atoms with Gasteiger partial charge in [-0.25, -0.2) is 21.8 Å². The van der Waals surface area contributed by atoms with Gasteiger partial charge in [-0.2, -0.15) is 0 Å². The molecule has 2 aromatic carbocycles. The fraction of sp³-hybridized carbons (Fsp3) is 0.333. The van der Waals surface area contributed by atoms with E-state index in [2.05, 4.69) is 4.98 Å². The van der Waals surface area contributed by atoms with Crippen molar-refractivity contribution in [2.45, 2.75) is 16.7 Å². The number of amides is 1. The monoisotopic (exact) mass is 531 g/mol. The number of carbonyl (C=O) groups excluding carboxylic acids is 1. The number of hydrogen-bond acceptors (Lipinski definition) is 8. The van der Waals surface area contributed by atoms with Crippen LogP contribution < -0.4 is 4.90 Å². The summed E-state index contributed by atoms with van der Waals surface area (Å²) in [6, 6.07) is 10.8. The van der Waals surface area contributed by atoms with E-state index in [9.17, 15) is 21.6 Å². The molecule has 0 saturated carbocycles. The van der Waals surface area contributed by atoms with E-state index < -0.39 is 25.6 Å². The van der Waals surface area contributed by atoms with Crippen LogP contribution in [-0.4, -0.2) is 71.8 Å². The molecule has 0 atom stereocenters. The van der Waals surface area contributed by atoms with Crippen LogP contribution in [0, 0.1) is 0 Å². The van der Waals surface area contributed by atoms with Gasteiger partial charge in [-0.15, -0.1) is 12.4 Å². The van der Waals surface area contributed by atoms with Crippen molar-refractivity contribution in [2.24, 2.45) is 0 Å². The predicted octanol–water partition coefficient (Wildman–Crippen LogP) is 3.12. The van der Waals surface area contributed by atoms with Gasteiger partial charge in [0.25, 0.3) is 5.91 Å². The minimum Gasteiger partial charge on any atom is -0.308 e. The molecule has 0 unspecified atom stereocenters. The SMILES string of the molecule is CCS(=O)(=O)c1ccccc1C(=O)N(CCN(C)C)c1nc2ccc(S(C)(=O)=O)cc2s1.Cl. The highest BCUT2D eigenvalue weighted by molar-refractivity contribution is 7.91. The summed E-state index contributed by atoms with van der Waals surface area (Å²) >= 11 is 1.19. The Bertz CT molecular complexity index is 1370. The smallest absolute Gasteiger partial charge is 0.261 e. The lowest BCUT2D eigenvalue weighted by Crippen LogP contribution is -2.37. The number of fused-ring (bicyclic) bond motifs is 1. The first kappa shape index (κ1) is 27.2. The first-order chi connectivity index (χ1) is 14.9. The van der Waals surface area contributed by atoms with Crippen molar-refractivity contribution in [2.75, 3.05) is 44.1 Å². The van der Waals surface area contributed by atoms with Gasteiger partial charge in [-0.05, 0) is 44.4 Å². The van der Waals surface area contributed by atoms with Crippen LogP contribution in [0.25, 0.3) is 10.2 Å². The average Bonchev–Trinajstić information content (AvgIpc) is 3.15. The van der Waals surface area contributed by atoms with E-state index in [4.69, 9.17) is 0 Å². The van der Waals surface area contributed by atoms with Crippen LogP contribution in [0.2, 0.25) is 0 Å². The number of carbonyl (C=O) groups is 1. The number of halogens is 1. The van der Waals surface area contributed by atoms with Crippen LogP contribution in [0.15, 0.2) is 52.3 Å². The third kappa shape index (κ3) is 6.10. The lowest BCUT2D eigenvalue weighted by molar-refractivity contribution is 0.0982. The van der Waals surface area contributed by atoms with Crippen LogP contribution >= 0.6 is 23.7 Å². The molecule has 0 aliphatic heterocycles. The summed E-state index contributed by atoms with van der Waals surface area (Å²) in [4.78, 5) is 21.6. The van der Waals surface area contributed by atoms with Gasteiger partial charge in [0.15, 0.2) is 24.8 Å². The number of rotatable bonds is 8. The molecule has 33 heavy (non-hydrogen) atoms. The molecule has 0 aliphatic carbocycles. The quantitative estimate of drug-likeness (QED) is 0.439. The van der Waals surface area contributed by atoms with Crippen molar-refractivity contribution in [3.63, 3.8) is 0 Å². The topological polar surface area (TPSA) is 105 Å². The van der Waals surface area contributed by atoms with Crippen molar-refractivity contribution >= 4 is 64.7 Å². The Balaban J connectivity index is 0.00000385. The highest BCUT2D eigenvalue weighted by Crippen LogP contribution is 2.32. The van der Waals surface area contributed by atoms with Crippen molar-refractivity contribution in [3.05, 3.63) is 48.0 Å². The molecule has 0 spiro atoms. The largest absolute Gasteiger partial charge is 0.308 e. The molecular formula is C21H26ClN3O5S3. The summed E-state index contributed by atoms with van der Waals surface area (Å²) in [5, 5.41) is 0.376. The van der Waals surface area contributed by atoms with Crippen molar-refractivity contribution < 1.29 is 21.6 Å². The van der Waals surface area contributed by atoms with Gasteiger partial charge < -0.3 is 4.90 Å². The number of sulfone groups is 2. The molecule has 0 fully saturated rings. The van der Waals surface area contributed by atoms with E-state index in [1.54, 1.807) is 18.2 Å². The number of aromatic nitrogens is 1. The average molecular weight is 532 g/mol. The molecule has 3 aromatic rings. The summed E-state index contributed by atoms with van der Waals surface area (Å²) in [6.45, 7) is 2.34. The van der Waals surface area contributed by atoms with E-state index >= 15 is 0 Å². The summed E-state index contributed by atoms with van der Waals surface area (Å²) in [6.07, 6.45) is 1.13. The van der Waals surface area contributed by atoms with E-state index in [1.165, 1.54) is 47.4 Å². The molecule has 0 bridgehead atoms. The fourth-order valence-corrected chi connectivity index (χ4v) is 5.88. The zero-order valence-electron chi connectivity index (χ0n) is 18.7. The maximum atomic E-state index is 13.6. The number of nitrogens with zero attached hydrogens (tertiary/aromatic N) is 3. The molecule has 0 N–H and O–H groups in total. The Morgan fingerprint density at radius 3 is 2.30 bits per heavy atom. The van der Waals surface area contributed by atoms with Crippen LogP contribution in [-0.2, 0) is 19.7 Å².